The molecule has 0 radical (unpaired) electrons. The summed E-state index contributed by atoms with van der Waals surface area (Å²) in [6.07, 6.45) is 0.635. The zero-order valence-electron chi connectivity index (χ0n) is 9.39. The molecular weight excluding hydrogens is 245 g/mol. The molecule has 0 bridgehead atoms. The molecule has 1 aromatic carbocycles. The summed E-state index contributed by atoms with van der Waals surface area (Å²) >= 11 is 5.90. The maximum Gasteiger partial charge on any atom is 0.259 e. The van der Waals surface area contributed by atoms with Crippen LogP contribution in [0.2, 0.25) is 0 Å². The lowest BCUT2D eigenvalue weighted by Gasteiger charge is -2.07. The normalized spacial score (nSPS) is 13.6. The van der Waals surface area contributed by atoms with Gasteiger partial charge >= 0.3 is 0 Å². The van der Waals surface area contributed by atoms with E-state index in [0.29, 0.717) is 18.9 Å². The van der Waals surface area contributed by atoms with Crippen molar-refractivity contribution in [1.29, 1.82) is 0 Å². The SMILES string of the molecule is CCOP(Cl)/N=C(/Cc1ccccc1)OC. The van der Waals surface area contributed by atoms with Gasteiger partial charge < -0.3 is 9.26 Å². The van der Waals surface area contributed by atoms with E-state index in [1.54, 1.807) is 7.11 Å². The van der Waals surface area contributed by atoms with Crippen LogP contribution >= 0.6 is 18.9 Å². The van der Waals surface area contributed by atoms with Crippen molar-refractivity contribution < 1.29 is 9.26 Å². The summed E-state index contributed by atoms with van der Waals surface area (Å²) in [5.74, 6) is 0.598. The van der Waals surface area contributed by atoms with Gasteiger partial charge in [-0.15, -0.1) is 0 Å². The standard InChI is InChI=1S/C11H15ClNO2P/c1-3-15-16(12)13-11(14-2)9-10-7-5-4-6-8-10/h4-8H,3,9H2,1-2H3/b13-11-. The molecule has 16 heavy (non-hydrogen) atoms. The zero-order chi connectivity index (χ0) is 11.8. The Bertz CT molecular complexity index is 332. The van der Waals surface area contributed by atoms with Crippen LogP contribution in [-0.4, -0.2) is 19.6 Å². The highest BCUT2D eigenvalue weighted by Crippen LogP contribution is 2.44. The zero-order valence-corrected chi connectivity index (χ0v) is 11.0. The van der Waals surface area contributed by atoms with Crippen molar-refractivity contribution in [1.82, 2.24) is 0 Å². The van der Waals surface area contributed by atoms with E-state index < -0.39 is 7.65 Å². The average Bonchev–Trinajstić information content (AvgIpc) is 2.30. The first kappa shape index (κ1) is 13.4. The van der Waals surface area contributed by atoms with E-state index in [4.69, 9.17) is 20.5 Å². The third kappa shape index (κ3) is 4.93. The van der Waals surface area contributed by atoms with Crippen LogP contribution in [0, 0.1) is 0 Å². The summed E-state index contributed by atoms with van der Waals surface area (Å²) < 4.78 is 14.5. The first-order valence-corrected chi connectivity index (χ1v) is 7.12. The highest BCUT2D eigenvalue weighted by Gasteiger charge is 2.06. The molecule has 88 valence electrons. The lowest BCUT2D eigenvalue weighted by molar-refractivity contribution is 0.379. The van der Waals surface area contributed by atoms with Crippen LogP contribution in [0.4, 0.5) is 0 Å². The molecule has 0 aromatic heterocycles. The van der Waals surface area contributed by atoms with Crippen molar-refractivity contribution in [2.45, 2.75) is 13.3 Å². The fraction of sp³-hybridized carbons (Fsp3) is 0.364. The second kappa shape index (κ2) is 7.61. The molecule has 0 spiro atoms. The molecule has 0 aliphatic carbocycles. The average molecular weight is 260 g/mol. The topological polar surface area (TPSA) is 30.8 Å². The van der Waals surface area contributed by atoms with Crippen LogP contribution in [0.1, 0.15) is 12.5 Å². The number of benzene rings is 1. The second-order valence-corrected chi connectivity index (χ2v) is 4.78. The van der Waals surface area contributed by atoms with Gasteiger partial charge in [0, 0.05) is 6.42 Å². The Balaban J connectivity index is 2.61. The molecule has 0 aliphatic heterocycles. The van der Waals surface area contributed by atoms with Crippen molar-refractivity contribution in [2.75, 3.05) is 13.7 Å². The number of hydrogen-bond donors (Lipinski definition) is 0. The van der Waals surface area contributed by atoms with Crippen LogP contribution < -0.4 is 0 Å². The monoisotopic (exact) mass is 259 g/mol. The number of methoxy groups -OCH3 is 1. The number of hydrogen-bond acceptors (Lipinski definition) is 3. The number of rotatable bonds is 5. The summed E-state index contributed by atoms with van der Waals surface area (Å²) in [7, 11) is 0.304. The van der Waals surface area contributed by atoms with Gasteiger partial charge in [0.1, 0.15) is 0 Å². The van der Waals surface area contributed by atoms with E-state index in [2.05, 4.69) is 4.76 Å². The van der Waals surface area contributed by atoms with Gasteiger partial charge in [-0.2, -0.15) is 4.76 Å². The Morgan fingerprint density at radius 3 is 2.62 bits per heavy atom. The van der Waals surface area contributed by atoms with Crippen LogP contribution in [0.25, 0.3) is 0 Å². The summed E-state index contributed by atoms with van der Waals surface area (Å²) in [6.45, 7) is 2.44. The minimum atomic E-state index is -1.29. The molecule has 0 heterocycles. The Hall–Kier alpha value is -0.630. The van der Waals surface area contributed by atoms with Gasteiger partial charge in [-0.25, -0.2) is 0 Å². The van der Waals surface area contributed by atoms with Crippen molar-refractivity contribution in [3.8, 4) is 0 Å². The van der Waals surface area contributed by atoms with Gasteiger partial charge in [0.2, 0.25) is 0 Å². The third-order valence-corrected chi connectivity index (χ3v) is 3.23. The second-order valence-electron chi connectivity index (χ2n) is 3.00. The number of nitrogens with zero attached hydrogens (tertiary/aromatic N) is 1. The van der Waals surface area contributed by atoms with Crippen LogP contribution in [0.15, 0.2) is 35.1 Å². The van der Waals surface area contributed by atoms with Crippen LogP contribution in [0.3, 0.4) is 0 Å². The van der Waals surface area contributed by atoms with E-state index in [1.807, 2.05) is 37.3 Å². The maximum atomic E-state index is 5.90. The minimum absolute atomic E-state index is 0.557. The van der Waals surface area contributed by atoms with Crippen LogP contribution in [0.5, 0.6) is 0 Å². The van der Waals surface area contributed by atoms with E-state index in [9.17, 15) is 0 Å². The molecule has 0 saturated heterocycles. The van der Waals surface area contributed by atoms with E-state index in [1.165, 1.54) is 0 Å². The smallest absolute Gasteiger partial charge is 0.259 e. The lowest BCUT2D eigenvalue weighted by atomic mass is 10.1. The number of halogens is 1. The lowest BCUT2D eigenvalue weighted by Crippen LogP contribution is -2.05. The number of ether oxygens (including phenoxy) is 1. The van der Waals surface area contributed by atoms with Gasteiger partial charge in [-0.05, 0) is 23.7 Å². The Kier molecular flexibility index (Phi) is 6.39. The van der Waals surface area contributed by atoms with Gasteiger partial charge in [0.25, 0.3) is 7.65 Å². The fourth-order valence-corrected chi connectivity index (χ4v) is 2.29. The third-order valence-electron chi connectivity index (χ3n) is 1.86. The molecular formula is C11H15ClNO2P. The molecule has 1 unspecified atom stereocenters. The van der Waals surface area contributed by atoms with E-state index in [-0.39, 0.29) is 0 Å². The van der Waals surface area contributed by atoms with Crippen molar-refractivity contribution in [3.63, 3.8) is 0 Å². The summed E-state index contributed by atoms with van der Waals surface area (Å²) in [5, 5.41) is 0. The van der Waals surface area contributed by atoms with Crippen LogP contribution in [-0.2, 0) is 15.7 Å². The fourth-order valence-electron chi connectivity index (χ4n) is 1.14. The molecule has 1 aromatic rings. The molecule has 1 rings (SSSR count). The molecule has 0 saturated carbocycles. The highest BCUT2D eigenvalue weighted by molar-refractivity contribution is 7.79. The largest absolute Gasteiger partial charge is 0.484 e. The Morgan fingerprint density at radius 1 is 1.38 bits per heavy atom. The maximum absolute atomic E-state index is 5.90. The van der Waals surface area contributed by atoms with Crippen molar-refractivity contribution in [3.05, 3.63) is 35.9 Å². The summed E-state index contributed by atoms with van der Waals surface area (Å²) in [4.78, 5) is 0. The first-order chi connectivity index (χ1) is 7.76. The molecule has 3 nitrogen and oxygen atoms in total. The molecule has 0 amide bonds. The molecule has 0 N–H and O–H groups in total. The molecule has 1 atom stereocenters. The highest BCUT2D eigenvalue weighted by atomic mass is 35.7. The minimum Gasteiger partial charge on any atom is -0.484 e. The quantitative estimate of drug-likeness (QED) is 0.458. The Labute approximate surface area is 102 Å². The van der Waals surface area contributed by atoms with Crippen molar-refractivity contribution in [2.24, 2.45) is 4.76 Å². The first-order valence-electron chi connectivity index (χ1n) is 5.00. The molecule has 0 aliphatic rings. The van der Waals surface area contributed by atoms with Gasteiger partial charge in [-0.1, -0.05) is 30.3 Å². The van der Waals surface area contributed by atoms with Gasteiger partial charge in [0.15, 0.2) is 5.90 Å². The predicted molar refractivity (Wildman–Crippen MR) is 69.0 cm³/mol. The van der Waals surface area contributed by atoms with E-state index in [0.717, 1.165) is 5.56 Å². The summed E-state index contributed by atoms with van der Waals surface area (Å²) in [6, 6.07) is 9.97. The Morgan fingerprint density at radius 2 is 2.06 bits per heavy atom. The van der Waals surface area contributed by atoms with E-state index >= 15 is 0 Å². The van der Waals surface area contributed by atoms with Gasteiger partial charge in [-0.3, -0.25) is 0 Å². The molecule has 0 fully saturated rings. The molecule has 5 heteroatoms. The van der Waals surface area contributed by atoms with Gasteiger partial charge in [0.05, 0.1) is 13.7 Å². The summed E-state index contributed by atoms with van der Waals surface area (Å²) in [5.41, 5.74) is 1.14. The predicted octanol–water partition coefficient (Wildman–Crippen LogP) is 3.78. The van der Waals surface area contributed by atoms with Crippen molar-refractivity contribution >= 4 is 24.8 Å².